The molecule has 0 spiro atoms. The molecule has 0 radical (unpaired) electrons. The third kappa shape index (κ3) is 1.33. The fraction of sp³-hybridized carbons (Fsp3) is 0.400. The number of aryl methyl sites for hydroxylation is 1. The summed E-state index contributed by atoms with van der Waals surface area (Å²) in [5.41, 5.74) is 0. The lowest BCUT2D eigenvalue weighted by Gasteiger charge is -1.82. The van der Waals surface area contributed by atoms with Gasteiger partial charge < -0.3 is 4.52 Å². The van der Waals surface area contributed by atoms with Crippen LogP contribution in [0.5, 0.6) is 0 Å². The highest BCUT2D eigenvalue weighted by Gasteiger charge is 1.91. The Kier molecular flexibility index (Phi) is 2.09. The molecule has 0 amide bonds. The Balaban J connectivity index is 2.50. The zero-order valence-electron chi connectivity index (χ0n) is 4.30. The van der Waals surface area contributed by atoms with Gasteiger partial charge in [-0.2, -0.15) is 0 Å². The highest BCUT2D eigenvalue weighted by Crippen LogP contribution is 1.98. The number of rotatable bonds is 2. The van der Waals surface area contributed by atoms with Crippen LogP contribution >= 0.6 is 15.9 Å². The minimum Gasteiger partial charge on any atom is -0.361 e. The van der Waals surface area contributed by atoms with Crippen LogP contribution in [0.2, 0.25) is 0 Å². The van der Waals surface area contributed by atoms with E-state index in [2.05, 4.69) is 21.1 Å². The number of halogens is 1. The summed E-state index contributed by atoms with van der Waals surface area (Å²) < 4.78 is 4.79. The molecule has 0 unspecified atom stereocenters. The van der Waals surface area contributed by atoms with E-state index < -0.39 is 0 Å². The highest BCUT2D eigenvalue weighted by molar-refractivity contribution is 9.09. The molecule has 0 aromatic carbocycles. The molecular formula is C5H6BrNO. The number of alkyl halides is 1. The van der Waals surface area contributed by atoms with Crippen molar-refractivity contribution in [3.05, 3.63) is 18.0 Å². The van der Waals surface area contributed by atoms with Crippen LogP contribution in [0.15, 0.2) is 16.8 Å². The minimum absolute atomic E-state index is 0.917. The van der Waals surface area contributed by atoms with Gasteiger partial charge >= 0.3 is 0 Å². The molecule has 1 aromatic rings. The van der Waals surface area contributed by atoms with Crippen LogP contribution < -0.4 is 0 Å². The Labute approximate surface area is 56.0 Å². The lowest BCUT2D eigenvalue weighted by Crippen LogP contribution is -1.78. The first-order chi connectivity index (χ1) is 3.93. The van der Waals surface area contributed by atoms with E-state index in [0.717, 1.165) is 17.5 Å². The number of hydrogen-bond acceptors (Lipinski definition) is 2. The van der Waals surface area contributed by atoms with Crippen molar-refractivity contribution >= 4 is 15.9 Å². The van der Waals surface area contributed by atoms with Crippen LogP contribution in [0.4, 0.5) is 0 Å². The molecule has 0 atom stereocenters. The summed E-state index contributed by atoms with van der Waals surface area (Å²) in [6, 6.07) is 1.86. The van der Waals surface area contributed by atoms with Crippen molar-refractivity contribution in [2.24, 2.45) is 0 Å². The van der Waals surface area contributed by atoms with E-state index in [1.165, 1.54) is 0 Å². The van der Waals surface area contributed by atoms with Gasteiger partial charge in [-0.05, 0) is 0 Å². The average Bonchev–Trinajstić information content (AvgIpc) is 2.19. The minimum atomic E-state index is 0.917. The smallest absolute Gasteiger partial charge is 0.137 e. The van der Waals surface area contributed by atoms with Gasteiger partial charge in [0.2, 0.25) is 0 Å². The van der Waals surface area contributed by atoms with Gasteiger partial charge in [0.05, 0.1) is 6.20 Å². The van der Waals surface area contributed by atoms with Crippen LogP contribution in [0, 0.1) is 0 Å². The van der Waals surface area contributed by atoms with Crippen molar-refractivity contribution in [2.75, 3.05) is 5.33 Å². The first kappa shape index (κ1) is 5.82. The molecule has 1 aromatic heterocycles. The maximum absolute atomic E-state index is 4.79. The zero-order valence-corrected chi connectivity index (χ0v) is 5.89. The third-order valence-corrected chi connectivity index (χ3v) is 1.23. The molecule has 3 heteroatoms. The summed E-state index contributed by atoms with van der Waals surface area (Å²) in [7, 11) is 0. The van der Waals surface area contributed by atoms with Crippen molar-refractivity contribution in [1.29, 1.82) is 0 Å². The van der Waals surface area contributed by atoms with E-state index >= 15 is 0 Å². The highest BCUT2D eigenvalue weighted by atomic mass is 79.9. The van der Waals surface area contributed by atoms with Gasteiger partial charge in [-0.25, -0.2) is 0 Å². The van der Waals surface area contributed by atoms with Gasteiger partial charge in [0, 0.05) is 17.8 Å². The van der Waals surface area contributed by atoms with Crippen LogP contribution in [0.3, 0.4) is 0 Å². The lowest BCUT2D eigenvalue weighted by atomic mass is 10.4. The summed E-state index contributed by atoms with van der Waals surface area (Å²) in [6.45, 7) is 0. The molecule has 0 aliphatic carbocycles. The Morgan fingerprint density at radius 3 is 3.12 bits per heavy atom. The largest absolute Gasteiger partial charge is 0.361 e. The second kappa shape index (κ2) is 2.87. The molecule has 44 valence electrons. The van der Waals surface area contributed by atoms with Crippen molar-refractivity contribution in [3.63, 3.8) is 0 Å². The fourth-order valence-electron chi connectivity index (χ4n) is 0.464. The molecule has 0 fully saturated rings. The van der Waals surface area contributed by atoms with E-state index in [9.17, 15) is 0 Å². The number of aromatic nitrogens is 1. The van der Waals surface area contributed by atoms with Crippen LogP contribution in [-0.4, -0.2) is 10.5 Å². The van der Waals surface area contributed by atoms with Crippen molar-refractivity contribution < 1.29 is 4.52 Å². The summed E-state index contributed by atoms with van der Waals surface area (Å²) in [4.78, 5) is 0. The first-order valence-corrected chi connectivity index (χ1v) is 3.51. The summed E-state index contributed by atoms with van der Waals surface area (Å²) in [5.74, 6) is 0.932. The fourth-order valence-corrected chi connectivity index (χ4v) is 0.855. The monoisotopic (exact) mass is 175 g/mol. The molecule has 0 aliphatic rings. The van der Waals surface area contributed by atoms with Gasteiger partial charge in [-0.15, -0.1) is 0 Å². The molecule has 0 bridgehead atoms. The third-order valence-electron chi connectivity index (χ3n) is 0.832. The van der Waals surface area contributed by atoms with Crippen LogP contribution in [0.25, 0.3) is 0 Å². The molecule has 8 heavy (non-hydrogen) atoms. The van der Waals surface area contributed by atoms with Gasteiger partial charge in [0.15, 0.2) is 0 Å². The maximum atomic E-state index is 4.79. The van der Waals surface area contributed by atoms with Crippen molar-refractivity contribution in [3.8, 4) is 0 Å². The van der Waals surface area contributed by atoms with E-state index in [-0.39, 0.29) is 0 Å². The number of nitrogens with zero attached hydrogens (tertiary/aromatic N) is 1. The summed E-state index contributed by atoms with van der Waals surface area (Å²) in [5, 5.41) is 4.48. The Morgan fingerprint density at radius 2 is 2.62 bits per heavy atom. The molecule has 2 nitrogen and oxygen atoms in total. The molecule has 1 rings (SSSR count). The molecule has 1 heterocycles. The predicted octanol–water partition coefficient (Wildman–Crippen LogP) is 1.61. The standard InChI is InChI=1S/C5H6BrNO/c6-3-1-5-2-4-7-8-5/h2,4H,1,3H2. The Morgan fingerprint density at radius 1 is 1.75 bits per heavy atom. The van der Waals surface area contributed by atoms with Gasteiger partial charge in [0.25, 0.3) is 0 Å². The first-order valence-electron chi connectivity index (χ1n) is 2.39. The van der Waals surface area contributed by atoms with Gasteiger partial charge in [0.1, 0.15) is 5.76 Å². The molecule has 0 N–H and O–H groups in total. The van der Waals surface area contributed by atoms with Crippen LogP contribution in [0.1, 0.15) is 5.76 Å². The van der Waals surface area contributed by atoms with Crippen molar-refractivity contribution in [1.82, 2.24) is 5.16 Å². The maximum Gasteiger partial charge on any atom is 0.137 e. The normalized spacial score (nSPS) is 9.62. The summed E-state index contributed by atoms with van der Waals surface area (Å²) >= 11 is 3.28. The molecule has 0 aliphatic heterocycles. The van der Waals surface area contributed by atoms with E-state index in [1.54, 1.807) is 6.20 Å². The summed E-state index contributed by atoms with van der Waals surface area (Å²) in [6.07, 6.45) is 2.57. The van der Waals surface area contributed by atoms with Crippen LogP contribution in [-0.2, 0) is 6.42 Å². The second-order valence-corrected chi connectivity index (χ2v) is 2.21. The Hall–Kier alpha value is -0.310. The van der Waals surface area contributed by atoms with Gasteiger partial charge in [-0.3, -0.25) is 0 Å². The SMILES string of the molecule is BrCCc1ccno1. The molecule has 0 saturated carbocycles. The second-order valence-electron chi connectivity index (χ2n) is 1.42. The van der Waals surface area contributed by atoms with E-state index in [0.29, 0.717) is 0 Å². The van der Waals surface area contributed by atoms with E-state index in [1.807, 2.05) is 6.07 Å². The van der Waals surface area contributed by atoms with E-state index in [4.69, 9.17) is 4.52 Å². The van der Waals surface area contributed by atoms with Gasteiger partial charge in [-0.1, -0.05) is 21.1 Å². The van der Waals surface area contributed by atoms with Crippen molar-refractivity contribution in [2.45, 2.75) is 6.42 Å². The molecule has 0 saturated heterocycles. The topological polar surface area (TPSA) is 26.0 Å². The Bertz CT molecular complexity index is 138. The molecular weight excluding hydrogens is 170 g/mol. The average molecular weight is 176 g/mol. The lowest BCUT2D eigenvalue weighted by molar-refractivity contribution is 0.387. The number of hydrogen-bond donors (Lipinski definition) is 0. The zero-order chi connectivity index (χ0) is 5.82. The predicted molar refractivity (Wildman–Crippen MR) is 34.0 cm³/mol. The quantitative estimate of drug-likeness (QED) is 0.639.